The fourth-order valence-electron chi connectivity index (χ4n) is 5.97. The quantitative estimate of drug-likeness (QED) is 0.911. The maximum atomic E-state index is 12.7. The van der Waals surface area contributed by atoms with Gasteiger partial charge in [0.2, 0.25) is 0 Å². The first-order valence-electron chi connectivity index (χ1n) is 9.03. The highest BCUT2D eigenvalue weighted by Gasteiger charge is 2.53. The van der Waals surface area contributed by atoms with Crippen molar-refractivity contribution in [3.8, 4) is 5.75 Å². The standard InChI is InChI=1S/C20H27NO2/c1-13(21-19(22)17-5-3-4-6-18(17)23-2)20-10-14-7-15(11-20)9-16(8-14)12-20/h3-6,13-16H,7-12H2,1-2H3,(H,21,22)/t13-,14?,15?,16?,20?/m1/s1. The second kappa shape index (κ2) is 5.54. The van der Waals surface area contributed by atoms with Gasteiger partial charge in [0.1, 0.15) is 5.75 Å². The maximum absolute atomic E-state index is 12.7. The van der Waals surface area contributed by atoms with Crippen molar-refractivity contribution in [3.63, 3.8) is 0 Å². The highest BCUT2D eigenvalue weighted by Crippen LogP contribution is 2.61. The molecule has 0 heterocycles. The van der Waals surface area contributed by atoms with Crippen LogP contribution in [-0.4, -0.2) is 19.1 Å². The molecule has 5 rings (SSSR count). The van der Waals surface area contributed by atoms with Gasteiger partial charge < -0.3 is 10.1 Å². The molecule has 23 heavy (non-hydrogen) atoms. The SMILES string of the molecule is COc1ccccc1C(=O)N[C@H](C)C12CC3CC(CC(C3)C1)C2. The predicted octanol–water partition coefficient (Wildman–Crippen LogP) is 4.03. The zero-order valence-corrected chi connectivity index (χ0v) is 14.2. The molecule has 0 spiro atoms. The van der Waals surface area contributed by atoms with Gasteiger partial charge in [0.05, 0.1) is 12.7 Å². The van der Waals surface area contributed by atoms with Crippen LogP contribution in [0, 0.1) is 23.2 Å². The molecule has 3 nitrogen and oxygen atoms in total. The van der Waals surface area contributed by atoms with Gasteiger partial charge in [-0.2, -0.15) is 0 Å². The summed E-state index contributed by atoms with van der Waals surface area (Å²) < 4.78 is 5.34. The van der Waals surface area contributed by atoms with E-state index >= 15 is 0 Å². The van der Waals surface area contributed by atoms with Crippen LogP contribution in [0.1, 0.15) is 55.8 Å². The van der Waals surface area contributed by atoms with E-state index in [9.17, 15) is 4.79 Å². The lowest BCUT2D eigenvalue weighted by Gasteiger charge is -2.59. The molecule has 1 atom stereocenters. The highest BCUT2D eigenvalue weighted by atomic mass is 16.5. The summed E-state index contributed by atoms with van der Waals surface area (Å²) in [5.41, 5.74) is 0.985. The normalized spacial score (nSPS) is 35.8. The monoisotopic (exact) mass is 313 g/mol. The Morgan fingerprint density at radius 3 is 2.26 bits per heavy atom. The molecule has 0 aliphatic heterocycles. The minimum Gasteiger partial charge on any atom is -0.496 e. The number of amides is 1. The van der Waals surface area contributed by atoms with E-state index in [0.717, 1.165) is 17.8 Å². The van der Waals surface area contributed by atoms with Crippen molar-refractivity contribution < 1.29 is 9.53 Å². The molecular formula is C20H27NO2. The maximum Gasteiger partial charge on any atom is 0.255 e. The lowest BCUT2D eigenvalue weighted by molar-refractivity contribution is -0.0688. The Kier molecular flexibility index (Phi) is 3.62. The molecule has 1 aromatic rings. The van der Waals surface area contributed by atoms with Crippen molar-refractivity contribution in [2.45, 2.75) is 51.5 Å². The van der Waals surface area contributed by atoms with Gasteiger partial charge in [0.25, 0.3) is 5.91 Å². The molecule has 4 saturated carbocycles. The number of nitrogens with one attached hydrogen (secondary N) is 1. The zero-order valence-electron chi connectivity index (χ0n) is 14.2. The number of rotatable bonds is 4. The molecule has 124 valence electrons. The van der Waals surface area contributed by atoms with E-state index in [-0.39, 0.29) is 11.9 Å². The molecule has 0 saturated heterocycles. The van der Waals surface area contributed by atoms with Crippen molar-refractivity contribution in [2.75, 3.05) is 7.11 Å². The lowest BCUT2D eigenvalue weighted by Crippen LogP contribution is -2.55. The molecule has 0 aromatic heterocycles. The first kappa shape index (κ1) is 15.0. The van der Waals surface area contributed by atoms with E-state index in [4.69, 9.17) is 4.74 Å². The van der Waals surface area contributed by atoms with Crippen LogP contribution >= 0.6 is 0 Å². The molecule has 1 N–H and O–H groups in total. The van der Waals surface area contributed by atoms with Gasteiger partial charge in [-0.1, -0.05) is 12.1 Å². The van der Waals surface area contributed by atoms with E-state index in [1.165, 1.54) is 38.5 Å². The van der Waals surface area contributed by atoms with Crippen LogP contribution in [0.2, 0.25) is 0 Å². The van der Waals surface area contributed by atoms with Crippen LogP contribution in [0.4, 0.5) is 0 Å². The van der Waals surface area contributed by atoms with Gasteiger partial charge in [-0.25, -0.2) is 0 Å². The van der Waals surface area contributed by atoms with Crippen LogP contribution in [0.25, 0.3) is 0 Å². The number of carbonyl (C=O) groups excluding carboxylic acids is 1. The van der Waals surface area contributed by atoms with Crippen molar-refractivity contribution >= 4 is 5.91 Å². The average molecular weight is 313 g/mol. The summed E-state index contributed by atoms with van der Waals surface area (Å²) in [4.78, 5) is 12.7. The minimum absolute atomic E-state index is 0.00527. The van der Waals surface area contributed by atoms with Crippen LogP contribution < -0.4 is 10.1 Å². The van der Waals surface area contributed by atoms with Gasteiger partial charge in [-0.05, 0) is 80.8 Å². The van der Waals surface area contributed by atoms with E-state index in [1.807, 2.05) is 24.3 Å². The molecule has 1 amide bonds. The molecule has 1 aromatic carbocycles. The second-order valence-corrected chi connectivity index (χ2v) is 8.18. The third-order valence-corrected chi connectivity index (χ3v) is 6.70. The number of carbonyl (C=O) groups is 1. The van der Waals surface area contributed by atoms with Gasteiger partial charge in [0, 0.05) is 6.04 Å². The largest absolute Gasteiger partial charge is 0.496 e. The van der Waals surface area contributed by atoms with E-state index in [0.29, 0.717) is 16.7 Å². The molecule has 4 aliphatic carbocycles. The predicted molar refractivity (Wildman–Crippen MR) is 90.5 cm³/mol. The number of benzene rings is 1. The van der Waals surface area contributed by atoms with Crippen LogP contribution in [0.5, 0.6) is 5.75 Å². The molecule has 4 bridgehead atoms. The smallest absolute Gasteiger partial charge is 0.255 e. The van der Waals surface area contributed by atoms with Crippen molar-refractivity contribution in [1.82, 2.24) is 5.32 Å². The second-order valence-electron chi connectivity index (χ2n) is 8.18. The number of methoxy groups -OCH3 is 1. The summed E-state index contributed by atoms with van der Waals surface area (Å²) in [5.74, 6) is 3.39. The Labute approximate surface area is 138 Å². The topological polar surface area (TPSA) is 38.3 Å². The Bertz CT molecular complexity index is 574. The van der Waals surface area contributed by atoms with Crippen molar-refractivity contribution in [3.05, 3.63) is 29.8 Å². The highest BCUT2D eigenvalue weighted by molar-refractivity contribution is 5.97. The third-order valence-electron chi connectivity index (χ3n) is 6.70. The van der Waals surface area contributed by atoms with E-state index < -0.39 is 0 Å². The molecule has 0 unspecified atom stereocenters. The van der Waals surface area contributed by atoms with Crippen molar-refractivity contribution in [1.29, 1.82) is 0 Å². The Balaban J connectivity index is 1.51. The molecule has 4 fully saturated rings. The van der Waals surface area contributed by atoms with Crippen LogP contribution in [0.15, 0.2) is 24.3 Å². The molecule has 0 radical (unpaired) electrons. The average Bonchev–Trinajstić information content (AvgIpc) is 2.53. The lowest BCUT2D eigenvalue weighted by atomic mass is 9.48. The Hall–Kier alpha value is -1.51. The Morgan fingerprint density at radius 2 is 1.70 bits per heavy atom. The van der Waals surface area contributed by atoms with Gasteiger partial charge in [-0.3, -0.25) is 4.79 Å². The zero-order chi connectivity index (χ0) is 16.0. The fraction of sp³-hybridized carbons (Fsp3) is 0.650. The fourth-order valence-corrected chi connectivity index (χ4v) is 5.97. The summed E-state index contributed by atoms with van der Waals surface area (Å²) >= 11 is 0. The molecular weight excluding hydrogens is 286 g/mol. The third kappa shape index (κ3) is 2.54. The number of hydrogen-bond acceptors (Lipinski definition) is 2. The summed E-state index contributed by atoms with van der Waals surface area (Å²) in [6.07, 6.45) is 8.25. The molecule has 3 heteroatoms. The Morgan fingerprint density at radius 1 is 1.13 bits per heavy atom. The summed E-state index contributed by atoms with van der Waals surface area (Å²) in [6.45, 7) is 2.22. The van der Waals surface area contributed by atoms with Gasteiger partial charge in [0.15, 0.2) is 0 Å². The van der Waals surface area contributed by atoms with E-state index in [2.05, 4.69) is 12.2 Å². The summed E-state index contributed by atoms with van der Waals surface area (Å²) in [6, 6.07) is 7.74. The number of hydrogen-bond donors (Lipinski definition) is 1. The van der Waals surface area contributed by atoms with Gasteiger partial charge in [-0.15, -0.1) is 0 Å². The number of ether oxygens (including phenoxy) is 1. The first-order valence-corrected chi connectivity index (χ1v) is 9.03. The number of para-hydroxylation sites is 1. The molecule has 4 aliphatic rings. The van der Waals surface area contributed by atoms with Crippen LogP contribution in [-0.2, 0) is 0 Å². The van der Waals surface area contributed by atoms with E-state index in [1.54, 1.807) is 7.11 Å². The first-order chi connectivity index (χ1) is 11.1. The van der Waals surface area contributed by atoms with Crippen LogP contribution in [0.3, 0.4) is 0 Å². The summed E-state index contributed by atoms with van der Waals surface area (Å²) in [7, 11) is 1.62. The minimum atomic E-state index is 0.00527. The van der Waals surface area contributed by atoms with Gasteiger partial charge >= 0.3 is 0 Å². The van der Waals surface area contributed by atoms with Crippen molar-refractivity contribution in [2.24, 2.45) is 23.2 Å². The summed E-state index contributed by atoms with van der Waals surface area (Å²) in [5, 5.41) is 3.31.